The lowest BCUT2D eigenvalue weighted by Crippen LogP contribution is -2.66. The maximum atomic E-state index is 13.7. The normalized spacial score (nSPS) is 24.2. The van der Waals surface area contributed by atoms with Crippen LogP contribution in [0.4, 0.5) is 32.0 Å². The van der Waals surface area contributed by atoms with Crippen LogP contribution >= 0.6 is 0 Å². The Hall–Kier alpha value is -3.48. The number of fused-ring (bicyclic) bond motifs is 1. The topological polar surface area (TPSA) is 142 Å². The molecule has 2 aliphatic heterocycles. The van der Waals surface area contributed by atoms with Crippen LogP contribution in [-0.4, -0.2) is 68.1 Å². The molecule has 4 rings (SSSR count). The highest BCUT2D eigenvalue weighted by atomic mass is 32.2. The summed E-state index contributed by atoms with van der Waals surface area (Å²) in [6.45, 7) is -0.0624. The van der Waals surface area contributed by atoms with Crippen LogP contribution in [0.3, 0.4) is 0 Å². The monoisotopic (exact) mass is 639 g/mol. The van der Waals surface area contributed by atoms with Crippen molar-refractivity contribution in [1.29, 1.82) is 0 Å². The van der Waals surface area contributed by atoms with Gasteiger partial charge in [-0.05, 0) is 32.0 Å². The minimum atomic E-state index is -4.88. The maximum Gasteiger partial charge on any atom is 0.410 e. The van der Waals surface area contributed by atoms with Gasteiger partial charge in [-0.25, -0.2) is 26.9 Å². The Morgan fingerprint density at radius 2 is 1.81 bits per heavy atom. The van der Waals surface area contributed by atoms with E-state index >= 15 is 0 Å². The predicted molar refractivity (Wildman–Crippen MR) is 138 cm³/mol. The third kappa shape index (κ3) is 6.27. The number of rotatable bonds is 4. The predicted octanol–water partition coefficient (Wildman–Crippen LogP) is 3.19. The molecule has 0 radical (unpaired) electrons. The number of nitrogens with zero attached hydrogens (tertiary/aromatic N) is 2. The van der Waals surface area contributed by atoms with Gasteiger partial charge in [-0.3, -0.25) is 14.2 Å². The minimum Gasteiger partial charge on any atom is -0.625 e. The first-order valence-corrected chi connectivity index (χ1v) is 13.9. The van der Waals surface area contributed by atoms with E-state index in [0.717, 1.165) is 18.2 Å². The molecule has 3 N–H and O–H groups in total. The fourth-order valence-corrected chi connectivity index (χ4v) is 5.99. The molecule has 3 amide bonds. The van der Waals surface area contributed by atoms with Gasteiger partial charge < -0.3 is 25.1 Å². The number of benzene rings is 1. The summed E-state index contributed by atoms with van der Waals surface area (Å²) < 4.78 is 101. The Balaban J connectivity index is 1.48. The van der Waals surface area contributed by atoms with Gasteiger partial charge in [-0.1, -0.05) is 0 Å². The number of aryl methyl sites for hydroxylation is 1. The van der Waals surface area contributed by atoms with Crippen LogP contribution in [0.1, 0.15) is 49.2 Å². The second-order valence-electron chi connectivity index (χ2n) is 10.9. The highest BCUT2D eigenvalue weighted by Gasteiger charge is 2.52. The van der Waals surface area contributed by atoms with E-state index in [4.69, 9.17) is 4.74 Å². The largest absolute Gasteiger partial charge is 0.625 e. The van der Waals surface area contributed by atoms with Crippen LogP contribution in [-0.2, 0) is 27.6 Å². The van der Waals surface area contributed by atoms with Crippen molar-refractivity contribution in [3.8, 4) is 5.75 Å². The summed E-state index contributed by atoms with van der Waals surface area (Å²) in [6.07, 6.45) is -7.03. The number of amides is 3. The van der Waals surface area contributed by atoms with Crippen LogP contribution in [0.2, 0.25) is 0 Å². The van der Waals surface area contributed by atoms with Crippen molar-refractivity contribution < 1.29 is 54.3 Å². The third-order valence-electron chi connectivity index (χ3n) is 7.41. The summed E-state index contributed by atoms with van der Waals surface area (Å²) in [6, 6.07) is 2.62. The smallest absolute Gasteiger partial charge is 0.410 e. The standard InChI is InChI=1S/C25H27F6N5O6S/c1-23(2,25(29,30)31)33-21(38)22(39)36(40)8-6-24(7-9-36)12-42-18-16(43(41)34-24)11-35(3)17(18)20(37)32-13-4-5-15(26)14(10-13)19(27)28/h4-5,10-11,19,34H,6-9,12H2,1-3H3,(H,32,37)(H,33,38). The summed E-state index contributed by atoms with van der Waals surface area (Å²) >= 11 is 0. The van der Waals surface area contributed by atoms with E-state index in [1.54, 1.807) is 5.32 Å². The zero-order valence-corrected chi connectivity index (χ0v) is 23.8. The number of ether oxygens (including phenoxy) is 1. The third-order valence-corrected chi connectivity index (χ3v) is 8.72. The zero-order chi connectivity index (χ0) is 32.1. The maximum absolute atomic E-state index is 13.7. The van der Waals surface area contributed by atoms with Crippen LogP contribution in [0.5, 0.6) is 5.75 Å². The molecule has 1 fully saturated rings. The first-order valence-electron chi connectivity index (χ1n) is 12.7. The van der Waals surface area contributed by atoms with Gasteiger partial charge in [0.15, 0.2) is 11.4 Å². The Bertz CT molecular complexity index is 1490. The Morgan fingerprint density at radius 3 is 2.40 bits per heavy atom. The lowest BCUT2D eigenvalue weighted by atomic mass is 9.89. The fourth-order valence-electron chi connectivity index (χ4n) is 4.65. The molecule has 0 saturated carbocycles. The molecule has 0 bridgehead atoms. The Labute approximate surface area is 243 Å². The van der Waals surface area contributed by atoms with Crippen LogP contribution in [0.25, 0.3) is 0 Å². The Morgan fingerprint density at radius 1 is 1.19 bits per heavy atom. The number of nitrogens with one attached hydrogen (secondary N) is 3. The van der Waals surface area contributed by atoms with Crippen molar-refractivity contribution in [1.82, 2.24) is 14.6 Å². The summed E-state index contributed by atoms with van der Waals surface area (Å²) in [4.78, 5) is 38.0. The lowest BCUT2D eigenvalue weighted by Gasteiger charge is -2.48. The number of anilines is 1. The quantitative estimate of drug-likeness (QED) is 0.203. The molecule has 1 spiro atoms. The number of carbonyl (C=O) groups is 3. The number of quaternary nitrogens is 1. The zero-order valence-electron chi connectivity index (χ0n) is 22.9. The van der Waals surface area contributed by atoms with Crippen molar-refractivity contribution >= 4 is 34.4 Å². The van der Waals surface area contributed by atoms with Crippen molar-refractivity contribution in [3.63, 3.8) is 0 Å². The van der Waals surface area contributed by atoms with E-state index in [2.05, 4.69) is 10.0 Å². The highest BCUT2D eigenvalue weighted by Crippen LogP contribution is 2.37. The molecule has 236 valence electrons. The molecule has 1 aromatic carbocycles. The number of hydrogen-bond donors (Lipinski definition) is 3. The lowest BCUT2D eigenvalue weighted by molar-refractivity contribution is -0.808. The second-order valence-corrected chi connectivity index (χ2v) is 12.1. The van der Waals surface area contributed by atoms with Gasteiger partial charge in [0.2, 0.25) is 0 Å². The van der Waals surface area contributed by atoms with Crippen LogP contribution in [0, 0.1) is 11.0 Å². The Kier molecular flexibility index (Phi) is 8.46. The molecular weight excluding hydrogens is 612 g/mol. The number of hydroxylamine groups is 3. The highest BCUT2D eigenvalue weighted by molar-refractivity contribution is 7.83. The number of halogens is 6. The molecule has 2 aliphatic rings. The van der Waals surface area contributed by atoms with Crippen molar-refractivity contribution in [2.75, 3.05) is 25.0 Å². The van der Waals surface area contributed by atoms with Gasteiger partial charge in [0.25, 0.3) is 12.3 Å². The molecule has 1 unspecified atom stereocenters. The van der Waals surface area contributed by atoms with E-state index in [1.807, 2.05) is 0 Å². The summed E-state index contributed by atoms with van der Waals surface area (Å²) in [5, 5.41) is 17.1. The first kappa shape index (κ1) is 32.4. The number of alkyl halides is 5. The molecule has 1 saturated heterocycles. The number of hydrogen-bond acceptors (Lipinski definition) is 6. The van der Waals surface area contributed by atoms with E-state index < -0.39 is 81.5 Å². The van der Waals surface area contributed by atoms with Gasteiger partial charge in [-0.2, -0.15) is 13.2 Å². The van der Waals surface area contributed by atoms with Gasteiger partial charge in [0, 0.05) is 31.8 Å². The van der Waals surface area contributed by atoms with Crippen molar-refractivity contribution in [2.24, 2.45) is 7.05 Å². The van der Waals surface area contributed by atoms with Gasteiger partial charge >= 0.3 is 18.0 Å². The summed E-state index contributed by atoms with van der Waals surface area (Å²) in [5.41, 5.74) is -5.14. The molecule has 43 heavy (non-hydrogen) atoms. The van der Waals surface area contributed by atoms with E-state index in [9.17, 15) is 50.1 Å². The molecule has 0 aliphatic carbocycles. The number of carbonyl (C=O) groups excluding carboxylic acids is 3. The van der Waals surface area contributed by atoms with Crippen LogP contribution < -0.4 is 20.1 Å². The number of likely N-dealkylation sites (tertiary alicyclic amines) is 1. The number of piperidine rings is 1. The second kappa shape index (κ2) is 11.2. The average molecular weight is 640 g/mol. The van der Waals surface area contributed by atoms with E-state index in [-0.39, 0.29) is 41.5 Å². The minimum absolute atomic E-state index is 0.0372. The molecule has 3 heterocycles. The first-order chi connectivity index (χ1) is 19.8. The summed E-state index contributed by atoms with van der Waals surface area (Å²) in [5.74, 6) is -5.41. The number of aromatic nitrogens is 1. The molecular formula is C25H27F6N5O6S. The van der Waals surface area contributed by atoms with E-state index in [0.29, 0.717) is 13.8 Å². The van der Waals surface area contributed by atoms with Gasteiger partial charge in [0.05, 0.1) is 24.2 Å². The van der Waals surface area contributed by atoms with Crippen molar-refractivity contribution in [3.05, 3.63) is 46.7 Å². The molecule has 18 heteroatoms. The molecule has 11 nitrogen and oxygen atoms in total. The SMILES string of the molecule is Cn1cc2c(c1C(=O)Nc1ccc(F)c(C(F)F)c1)OCC1(CC[N+]([O-])(C(=O)C(=O)NC(C)(C)C(F)(F)F)CC1)NS2=O. The van der Waals surface area contributed by atoms with Gasteiger partial charge in [0.1, 0.15) is 33.8 Å². The van der Waals surface area contributed by atoms with Crippen molar-refractivity contribution in [2.45, 2.75) is 55.3 Å². The summed E-state index contributed by atoms with van der Waals surface area (Å²) in [7, 11) is -0.585. The average Bonchev–Trinajstić information content (AvgIpc) is 3.18. The van der Waals surface area contributed by atoms with E-state index in [1.165, 1.54) is 17.8 Å². The molecule has 2 aromatic rings. The molecule has 1 aromatic heterocycles. The molecule has 1 atom stereocenters. The van der Waals surface area contributed by atoms with Crippen LogP contribution in [0.15, 0.2) is 29.3 Å². The van der Waals surface area contributed by atoms with Gasteiger partial charge in [-0.15, -0.1) is 0 Å². The fraction of sp³-hybridized carbons (Fsp3) is 0.480.